The molecule has 5 nitrogen and oxygen atoms in total. The Kier molecular flexibility index (Phi) is 6.30. The van der Waals surface area contributed by atoms with Gasteiger partial charge in [0.25, 0.3) is 0 Å². The van der Waals surface area contributed by atoms with Crippen LogP contribution >= 0.6 is 0 Å². The maximum Gasteiger partial charge on any atom is 0.157 e. The van der Waals surface area contributed by atoms with Gasteiger partial charge in [-0.2, -0.15) is 5.10 Å². The predicted octanol–water partition coefficient (Wildman–Crippen LogP) is 5.46. The Labute approximate surface area is 192 Å². The van der Waals surface area contributed by atoms with E-state index >= 15 is 0 Å². The number of anilines is 1. The van der Waals surface area contributed by atoms with Crippen LogP contribution in [0.5, 0.6) is 0 Å². The summed E-state index contributed by atoms with van der Waals surface area (Å²) in [6, 6.07) is 18.1. The smallest absolute Gasteiger partial charge is 0.157 e. The Morgan fingerprint density at radius 1 is 0.879 bits per heavy atom. The van der Waals surface area contributed by atoms with E-state index < -0.39 is 0 Å². The van der Waals surface area contributed by atoms with Gasteiger partial charge in [-0.25, -0.2) is 18.3 Å². The van der Waals surface area contributed by atoms with Crippen LogP contribution in [0, 0.1) is 11.6 Å². The lowest BCUT2D eigenvalue weighted by Crippen LogP contribution is -2.23. The van der Waals surface area contributed by atoms with Gasteiger partial charge in [-0.15, -0.1) is 0 Å². The maximum absolute atomic E-state index is 13.5. The van der Waals surface area contributed by atoms with Crippen molar-refractivity contribution in [2.24, 2.45) is 0 Å². The molecule has 0 spiro atoms. The third kappa shape index (κ3) is 4.88. The Bertz CT molecular complexity index is 1220. The van der Waals surface area contributed by atoms with Gasteiger partial charge < -0.3 is 10.2 Å². The molecular formula is C26H27F2N5. The van der Waals surface area contributed by atoms with E-state index in [-0.39, 0.29) is 17.7 Å². The van der Waals surface area contributed by atoms with E-state index in [9.17, 15) is 8.78 Å². The van der Waals surface area contributed by atoms with E-state index in [1.807, 2.05) is 30.5 Å². The van der Waals surface area contributed by atoms with Crippen LogP contribution in [-0.4, -0.2) is 27.7 Å². The molecule has 6 rings (SSSR count). The number of hydrogen-bond donors (Lipinski definition) is 1. The van der Waals surface area contributed by atoms with Crippen molar-refractivity contribution in [1.29, 1.82) is 0 Å². The van der Waals surface area contributed by atoms with Crippen LogP contribution in [-0.2, 0) is 0 Å². The van der Waals surface area contributed by atoms with E-state index in [1.165, 1.54) is 18.6 Å². The number of hydrogen-bond acceptors (Lipinski definition) is 4. The number of fused-ring (bicyclic) bond motifs is 1. The molecule has 1 N–H and O–H groups in total. The standard InChI is InChI=1S/C16H15FN4.C10H12FN/c17-13-4-1-3-12(11-13)14-5-2-9-20(14)15-7-10-21-16(19-15)6-8-18-21;11-9-4-1-3-8(7-9)10-5-2-6-12-10/h1,3-4,6-8,10-11,14H,2,5,9H2;1,3-4,7,10,12H,2,5-6H2/t14-;10-/m11/s1. The second-order valence-corrected chi connectivity index (χ2v) is 8.53. The monoisotopic (exact) mass is 447 g/mol. The van der Waals surface area contributed by atoms with Gasteiger partial charge in [0.05, 0.1) is 12.2 Å². The van der Waals surface area contributed by atoms with Crippen LogP contribution in [0.15, 0.2) is 73.1 Å². The van der Waals surface area contributed by atoms with E-state index in [1.54, 1.807) is 35.0 Å². The van der Waals surface area contributed by atoms with Gasteiger partial charge in [0.15, 0.2) is 5.65 Å². The summed E-state index contributed by atoms with van der Waals surface area (Å²) in [6.45, 7) is 2.00. The van der Waals surface area contributed by atoms with Crippen molar-refractivity contribution in [3.8, 4) is 0 Å². The van der Waals surface area contributed by atoms with E-state index in [2.05, 4.69) is 20.3 Å². The summed E-state index contributed by atoms with van der Waals surface area (Å²) in [6.07, 6.45) is 8.09. The molecule has 7 heteroatoms. The topological polar surface area (TPSA) is 45.5 Å². The van der Waals surface area contributed by atoms with Gasteiger partial charge in [0, 0.05) is 24.8 Å². The van der Waals surface area contributed by atoms with E-state index in [4.69, 9.17) is 0 Å². The molecule has 33 heavy (non-hydrogen) atoms. The first kappa shape index (κ1) is 21.5. The van der Waals surface area contributed by atoms with Gasteiger partial charge >= 0.3 is 0 Å². The van der Waals surface area contributed by atoms with Gasteiger partial charge in [-0.05, 0) is 73.7 Å². The number of nitrogens with zero attached hydrogens (tertiary/aromatic N) is 4. The molecule has 4 heterocycles. The lowest BCUT2D eigenvalue weighted by atomic mass is 10.0. The van der Waals surface area contributed by atoms with Crippen LogP contribution < -0.4 is 10.2 Å². The molecule has 2 atom stereocenters. The van der Waals surface area contributed by atoms with Crippen molar-refractivity contribution in [1.82, 2.24) is 19.9 Å². The van der Waals surface area contributed by atoms with E-state index in [0.29, 0.717) is 6.04 Å². The normalized spacial score (nSPS) is 20.1. The zero-order valence-electron chi connectivity index (χ0n) is 18.4. The van der Waals surface area contributed by atoms with Crippen LogP contribution in [0.1, 0.15) is 48.9 Å². The molecule has 0 radical (unpaired) electrons. The van der Waals surface area contributed by atoms with Crippen molar-refractivity contribution in [3.05, 3.63) is 95.8 Å². The average Bonchev–Trinajstić information content (AvgIpc) is 3.61. The Morgan fingerprint density at radius 2 is 1.67 bits per heavy atom. The number of benzene rings is 2. The van der Waals surface area contributed by atoms with Gasteiger partial charge in [-0.1, -0.05) is 24.3 Å². The highest BCUT2D eigenvalue weighted by Crippen LogP contribution is 2.35. The summed E-state index contributed by atoms with van der Waals surface area (Å²) in [5.74, 6) is 0.606. The van der Waals surface area contributed by atoms with Crippen LogP contribution in [0.2, 0.25) is 0 Å². The van der Waals surface area contributed by atoms with Crippen molar-refractivity contribution < 1.29 is 8.78 Å². The summed E-state index contributed by atoms with van der Waals surface area (Å²) in [5.41, 5.74) is 2.92. The maximum atomic E-state index is 13.5. The second kappa shape index (κ2) is 9.67. The fourth-order valence-corrected chi connectivity index (χ4v) is 4.76. The van der Waals surface area contributed by atoms with E-state index in [0.717, 1.165) is 54.9 Å². The SMILES string of the molecule is Fc1cccc([C@H]2CCCN2)c1.Fc1cccc([C@H]2CCCN2c2ccn3nccc3n2)c1. The fraction of sp³-hybridized carbons (Fsp3) is 0.308. The van der Waals surface area contributed by atoms with Crippen LogP contribution in [0.4, 0.5) is 14.6 Å². The molecule has 2 saturated heterocycles. The van der Waals surface area contributed by atoms with Gasteiger partial charge in [0.2, 0.25) is 0 Å². The highest BCUT2D eigenvalue weighted by molar-refractivity contribution is 5.50. The van der Waals surface area contributed by atoms with Gasteiger partial charge in [0.1, 0.15) is 17.5 Å². The number of rotatable bonds is 3. The largest absolute Gasteiger partial charge is 0.349 e. The van der Waals surface area contributed by atoms with Gasteiger partial charge in [-0.3, -0.25) is 0 Å². The molecule has 0 saturated carbocycles. The molecule has 0 bridgehead atoms. The molecule has 2 aliphatic heterocycles. The molecule has 2 aliphatic rings. The summed E-state index contributed by atoms with van der Waals surface area (Å²) < 4.78 is 28.0. The zero-order chi connectivity index (χ0) is 22.6. The molecule has 0 aliphatic carbocycles. The molecule has 2 fully saturated rings. The molecule has 170 valence electrons. The minimum absolute atomic E-state index is 0.138. The number of halogens is 2. The molecule has 0 amide bonds. The van der Waals surface area contributed by atoms with Crippen molar-refractivity contribution >= 4 is 11.5 Å². The fourth-order valence-electron chi connectivity index (χ4n) is 4.76. The highest BCUT2D eigenvalue weighted by Gasteiger charge is 2.27. The molecular weight excluding hydrogens is 420 g/mol. The van der Waals surface area contributed by atoms with Crippen molar-refractivity contribution in [3.63, 3.8) is 0 Å². The molecule has 0 unspecified atom stereocenters. The minimum atomic E-state index is -0.182. The first-order valence-electron chi connectivity index (χ1n) is 11.5. The number of nitrogens with one attached hydrogen (secondary N) is 1. The highest BCUT2D eigenvalue weighted by atomic mass is 19.1. The summed E-state index contributed by atoms with van der Waals surface area (Å²) in [4.78, 5) is 6.90. The Hall–Kier alpha value is -3.32. The first-order valence-corrected chi connectivity index (χ1v) is 11.5. The summed E-state index contributed by atoms with van der Waals surface area (Å²) in [7, 11) is 0. The lowest BCUT2D eigenvalue weighted by Gasteiger charge is -2.26. The third-order valence-corrected chi connectivity index (χ3v) is 6.34. The van der Waals surface area contributed by atoms with Crippen LogP contribution in [0.25, 0.3) is 5.65 Å². The third-order valence-electron chi connectivity index (χ3n) is 6.34. The quantitative estimate of drug-likeness (QED) is 0.453. The molecule has 2 aromatic carbocycles. The van der Waals surface area contributed by atoms with Crippen molar-refractivity contribution in [2.75, 3.05) is 18.0 Å². The zero-order valence-corrected chi connectivity index (χ0v) is 18.4. The molecule has 2 aromatic heterocycles. The average molecular weight is 448 g/mol. The Balaban J connectivity index is 0.000000162. The second-order valence-electron chi connectivity index (χ2n) is 8.53. The summed E-state index contributed by atoms with van der Waals surface area (Å²) in [5, 5.41) is 7.49. The minimum Gasteiger partial charge on any atom is -0.349 e. The first-order chi connectivity index (χ1) is 16.2. The lowest BCUT2D eigenvalue weighted by molar-refractivity contribution is 0.606. The van der Waals surface area contributed by atoms with Crippen molar-refractivity contribution in [2.45, 2.75) is 37.8 Å². The number of aromatic nitrogens is 3. The Morgan fingerprint density at radius 3 is 2.42 bits per heavy atom. The predicted molar refractivity (Wildman–Crippen MR) is 125 cm³/mol. The summed E-state index contributed by atoms with van der Waals surface area (Å²) >= 11 is 0. The van der Waals surface area contributed by atoms with Crippen LogP contribution in [0.3, 0.4) is 0 Å². The molecule has 4 aromatic rings.